The number of methoxy groups -OCH3 is 1. The Hall–Kier alpha value is -2.53. The largest absolute Gasteiger partial charge is 0.497 e. The number of ether oxygens (including phenoxy) is 1. The third kappa shape index (κ3) is 3.00. The van der Waals surface area contributed by atoms with Crippen molar-refractivity contribution < 1.29 is 9.53 Å². The second kappa shape index (κ2) is 6.30. The first-order valence-corrected chi connectivity index (χ1v) is 8.04. The van der Waals surface area contributed by atoms with Crippen LogP contribution in [0.25, 0.3) is 11.3 Å². The summed E-state index contributed by atoms with van der Waals surface area (Å²) in [6.45, 7) is 4.04. The molecule has 0 atom stereocenters. The van der Waals surface area contributed by atoms with Gasteiger partial charge in [-0.15, -0.1) is 11.3 Å². The quantitative estimate of drug-likeness (QED) is 0.679. The van der Waals surface area contributed by atoms with E-state index in [0.717, 1.165) is 28.1 Å². The zero-order valence-electron chi connectivity index (χ0n) is 13.2. The molecule has 0 aliphatic rings. The van der Waals surface area contributed by atoms with Crippen molar-refractivity contribution in [1.29, 1.82) is 0 Å². The van der Waals surface area contributed by atoms with Crippen LogP contribution in [-0.4, -0.2) is 22.9 Å². The summed E-state index contributed by atoms with van der Waals surface area (Å²) >= 11 is 1.36. The second-order valence-electron chi connectivity index (χ2n) is 5.24. The fraction of sp³-hybridized carbons (Fsp3) is 0.167. The monoisotopic (exact) mass is 324 g/mol. The maximum Gasteiger partial charge on any atom is 0.221 e. The van der Waals surface area contributed by atoms with E-state index < -0.39 is 0 Å². The molecule has 0 spiro atoms. The van der Waals surface area contributed by atoms with Crippen LogP contribution < -0.4 is 4.74 Å². The molecule has 0 radical (unpaired) electrons. The van der Waals surface area contributed by atoms with Crippen molar-refractivity contribution in [3.63, 3.8) is 0 Å². The Kier molecular flexibility index (Phi) is 4.21. The van der Waals surface area contributed by atoms with Gasteiger partial charge in [-0.1, -0.05) is 0 Å². The number of carbonyl (C=O) groups excluding carboxylic acids is 1. The summed E-state index contributed by atoms with van der Waals surface area (Å²) in [6.07, 6.45) is 3.22. The summed E-state index contributed by atoms with van der Waals surface area (Å²) in [5.74, 6) is 0.750. The van der Waals surface area contributed by atoms with E-state index in [1.165, 1.54) is 11.3 Å². The minimum atomic E-state index is -0.0764. The van der Waals surface area contributed by atoms with Gasteiger partial charge in [-0.3, -0.25) is 9.78 Å². The van der Waals surface area contributed by atoms with Gasteiger partial charge in [0, 0.05) is 28.9 Å². The first kappa shape index (κ1) is 15.4. The predicted octanol–water partition coefficient (Wildman–Crippen LogP) is 4.06. The highest BCUT2D eigenvalue weighted by Crippen LogP contribution is 2.32. The van der Waals surface area contributed by atoms with Gasteiger partial charge in [0.25, 0.3) is 0 Å². The number of pyridine rings is 1. The smallest absolute Gasteiger partial charge is 0.221 e. The van der Waals surface area contributed by atoms with Crippen molar-refractivity contribution in [2.75, 3.05) is 7.11 Å². The van der Waals surface area contributed by atoms with Crippen molar-refractivity contribution in [1.82, 2.24) is 9.97 Å². The Labute approximate surface area is 138 Å². The van der Waals surface area contributed by atoms with Gasteiger partial charge in [0.1, 0.15) is 5.75 Å². The lowest BCUT2D eigenvalue weighted by Crippen LogP contribution is -2.01. The van der Waals surface area contributed by atoms with E-state index in [4.69, 9.17) is 4.74 Å². The van der Waals surface area contributed by atoms with Crippen molar-refractivity contribution >= 4 is 17.1 Å². The van der Waals surface area contributed by atoms with E-state index in [9.17, 15) is 4.79 Å². The van der Waals surface area contributed by atoms with Crippen LogP contribution in [0.3, 0.4) is 0 Å². The fourth-order valence-corrected chi connectivity index (χ4v) is 3.34. The molecule has 0 fully saturated rings. The zero-order chi connectivity index (χ0) is 16.4. The van der Waals surface area contributed by atoms with Crippen LogP contribution in [0, 0.1) is 13.8 Å². The Balaban J connectivity index is 1.99. The SMILES string of the molecule is COc1cc(C)c(-c2csc(C(=O)c3ccncc3)n2)c(C)c1. The number of aryl methyl sites for hydroxylation is 2. The van der Waals surface area contributed by atoms with Crippen LogP contribution in [-0.2, 0) is 0 Å². The van der Waals surface area contributed by atoms with Gasteiger partial charge in [0.15, 0.2) is 5.01 Å². The van der Waals surface area contributed by atoms with Crippen molar-refractivity contribution in [3.8, 4) is 17.0 Å². The zero-order valence-corrected chi connectivity index (χ0v) is 14.0. The normalized spacial score (nSPS) is 10.6. The van der Waals surface area contributed by atoms with E-state index in [0.29, 0.717) is 10.6 Å². The topological polar surface area (TPSA) is 52.1 Å². The van der Waals surface area contributed by atoms with Crippen LogP contribution in [0.5, 0.6) is 5.75 Å². The number of hydrogen-bond donors (Lipinski definition) is 0. The first-order valence-electron chi connectivity index (χ1n) is 7.16. The lowest BCUT2D eigenvalue weighted by Gasteiger charge is -2.10. The van der Waals surface area contributed by atoms with Crippen LogP contribution in [0.1, 0.15) is 26.5 Å². The molecule has 0 aliphatic carbocycles. The summed E-state index contributed by atoms with van der Waals surface area (Å²) in [5.41, 5.74) is 4.63. The van der Waals surface area contributed by atoms with Gasteiger partial charge in [0.2, 0.25) is 5.78 Å². The average molecular weight is 324 g/mol. The molecule has 0 saturated heterocycles. The average Bonchev–Trinajstić information content (AvgIpc) is 3.03. The van der Waals surface area contributed by atoms with E-state index in [1.807, 2.05) is 31.4 Å². The summed E-state index contributed by atoms with van der Waals surface area (Å²) in [7, 11) is 1.65. The molecule has 3 aromatic rings. The minimum absolute atomic E-state index is 0.0764. The van der Waals surface area contributed by atoms with Crippen LogP contribution in [0.15, 0.2) is 42.0 Å². The van der Waals surface area contributed by atoms with E-state index >= 15 is 0 Å². The molecule has 0 bridgehead atoms. The number of hydrogen-bond acceptors (Lipinski definition) is 5. The number of nitrogens with zero attached hydrogens (tertiary/aromatic N) is 2. The highest BCUT2D eigenvalue weighted by Gasteiger charge is 2.16. The molecule has 116 valence electrons. The standard InChI is InChI=1S/C18H16N2O2S/c1-11-8-14(22-3)9-12(2)16(11)15-10-23-18(20-15)17(21)13-4-6-19-7-5-13/h4-10H,1-3H3. The number of ketones is 1. The molecule has 0 unspecified atom stereocenters. The van der Waals surface area contributed by atoms with Crippen molar-refractivity contribution in [2.24, 2.45) is 0 Å². The lowest BCUT2D eigenvalue weighted by atomic mass is 10.00. The summed E-state index contributed by atoms with van der Waals surface area (Å²) < 4.78 is 5.29. The molecule has 23 heavy (non-hydrogen) atoms. The summed E-state index contributed by atoms with van der Waals surface area (Å²) in [6, 6.07) is 7.36. The third-order valence-corrected chi connectivity index (χ3v) is 4.48. The van der Waals surface area contributed by atoms with Gasteiger partial charge in [-0.2, -0.15) is 0 Å². The highest BCUT2D eigenvalue weighted by atomic mass is 32.1. The Bertz CT molecular complexity index is 833. The molecule has 0 N–H and O–H groups in total. The highest BCUT2D eigenvalue weighted by molar-refractivity contribution is 7.12. The Morgan fingerprint density at radius 1 is 1.13 bits per heavy atom. The number of benzene rings is 1. The molecule has 2 heterocycles. The van der Waals surface area contributed by atoms with E-state index in [1.54, 1.807) is 31.6 Å². The Morgan fingerprint density at radius 3 is 2.39 bits per heavy atom. The molecular formula is C18H16N2O2S. The van der Waals surface area contributed by atoms with Crippen LogP contribution in [0.4, 0.5) is 0 Å². The molecule has 3 rings (SSSR count). The van der Waals surface area contributed by atoms with E-state index in [-0.39, 0.29) is 5.78 Å². The molecular weight excluding hydrogens is 308 g/mol. The third-order valence-electron chi connectivity index (χ3n) is 3.64. The molecule has 1 aromatic carbocycles. The van der Waals surface area contributed by atoms with Crippen LogP contribution in [0.2, 0.25) is 0 Å². The number of rotatable bonds is 4. The second-order valence-corrected chi connectivity index (χ2v) is 6.10. The summed E-state index contributed by atoms with van der Waals surface area (Å²) in [5, 5.41) is 2.41. The minimum Gasteiger partial charge on any atom is -0.497 e. The molecule has 0 amide bonds. The van der Waals surface area contributed by atoms with Gasteiger partial charge in [-0.25, -0.2) is 4.98 Å². The molecule has 5 heteroatoms. The Morgan fingerprint density at radius 2 is 1.78 bits per heavy atom. The summed E-state index contributed by atoms with van der Waals surface area (Å²) in [4.78, 5) is 20.9. The molecule has 4 nitrogen and oxygen atoms in total. The lowest BCUT2D eigenvalue weighted by molar-refractivity contribution is 0.103. The number of thiazole rings is 1. The van der Waals surface area contributed by atoms with Gasteiger partial charge < -0.3 is 4.74 Å². The first-order chi connectivity index (χ1) is 11.1. The van der Waals surface area contributed by atoms with Gasteiger partial charge in [0.05, 0.1) is 12.8 Å². The molecule has 0 aliphatic heterocycles. The van der Waals surface area contributed by atoms with Gasteiger partial charge >= 0.3 is 0 Å². The molecule has 2 aromatic heterocycles. The van der Waals surface area contributed by atoms with Crippen molar-refractivity contribution in [3.05, 3.63) is 63.7 Å². The fourth-order valence-electron chi connectivity index (χ4n) is 2.57. The van der Waals surface area contributed by atoms with Crippen molar-refractivity contribution in [2.45, 2.75) is 13.8 Å². The van der Waals surface area contributed by atoms with Gasteiger partial charge in [-0.05, 0) is 49.2 Å². The number of aromatic nitrogens is 2. The molecule has 0 saturated carbocycles. The number of carbonyl (C=O) groups is 1. The maximum atomic E-state index is 12.5. The van der Waals surface area contributed by atoms with E-state index in [2.05, 4.69) is 9.97 Å². The van der Waals surface area contributed by atoms with Crippen LogP contribution >= 0.6 is 11.3 Å². The predicted molar refractivity (Wildman–Crippen MR) is 91.2 cm³/mol. The maximum absolute atomic E-state index is 12.5.